The molecule has 0 saturated heterocycles. The molecule has 0 aliphatic rings. The van der Waals surface area contributed by atoms with Crippen molar-refractivity contribution < 1.29 is 4.79 Å². The number of hydrogen-bond acceptors (Lipinski definition) is 6. The van der Waals surface area contributed by atoms with Crippen molar-refractivity contribution in [3.05, 3.63) is 58.0 Å². The Morgan fingerprint density at radius 2 is 1.86 bits per heavy atom. The van der Waals surface area contributed by atoms with Gasteiger partial charge in [0.15, 0.2) is 0 Å². The lowest BCUT2D eigenvalue weighted by Crippen LogP contribution is -2.34. The smallest absolute Gasteiger partial charge is 0.251 e. The summed E-state index contributed by atoms with van der Waals surface area (Å²) in [4.78, 5) is 24.5. The quantitative estimate of drug-likeness (QED) is 0.467. The molecule has 0 aliphatic heterocycles. The number of carbonyl (C=O) groups excluding carboxylic acids is 1. The van der Waals surface area contributed by atoms with E-state index in [2.05, 4.69) is 55.3 Å². The minimum atomic E-state index is -0.0646. The molecule has 2 aromatic heterocycles. The average molecular weight is 474 g/mol. The Kier molecular flexibility index (Phi) is 7.74. The molecule has 1 amide bonds. The molecule has 2 N–H and O–H groups in total. The second kappa shape index (κ2) is 10.5. The molecular weight excluding hydrogens is 450 g/mol. The summed E-state index contributed by atoms with van der Waals surface area (Å²) in [6.45, 7) is 7.71. The third-order valence-electron chi connectivity index (χ3n) is 4.49. The molecule has 2 heterocycles. The van der Waals surface area contributed by atoms with Crippen molar-refractivity contribution >= 4 is 44.8 Å². The minimum absolute atomic E-state index is 0.0646. The summed E-state index contributed by atoms with van der Waals surface area (Å²) in [7, 11) is 0. The summed E-state index contributed by atoms with van der Waals surface area (Å²) >= 11 is 5.10. The number of carbonyl (C=O) groups is 1. The molecule has 152 valence electrons. The Morgan fingerprint density at radius 1 is 1.10 bits per heavy atom. The number of nitrogens with one attached hydrogen (secondary N) is 2. The molecule has 1 aromatic carbocycles. The Hall–Kier alpha value is -2.29. The summed E-state index contributed by atoms with van der Waals surface area (Å²) in [5.74, 6) is 0.452. The lowest BCUT2D eigenvalue weighted by Gasteiger charge is -2.18. The molecule has 0 spiro atoms. The van der Waals surface area contributed by atoms with Gasteiger partial charge in [-0.1, -0.05) is 13.8 Å². The van der Waals surface area contributed by atoms with Crippen molar-refractivity contribution in [3.63, 3.8) is 0 Å². The fraction of sp³-hybridized carbons (Fsp3) is 0.286. The standard InChI is InChI=1S/C21H24BrN5OS/c1-3-27(4-2)14-13-23-20(28)15-5-7-16(8-6-15)25-21-24-12-11-17(26-21)18-9-10-19(22)29-18/h5-12H,3-4,13-14H2,1-2H3,(H,23,28)(H,24,25,26). The number of anilines is 2. The maximum Gasteiger partial charge on any atom is 0.251 e. The van der Waals surface area contributed by atoms with Gasteiger partial charge in [0.05, 0.1) is 14.4 Å². The van der Waals surface area contributed by atoms with Gasteiger partial charge < -0.3 is 15.5 Å². The second-order valence-electron chi connectivity index (χ2n) is 6.35. The first-order valence-corrected chi connectivity index (χ1v) is 11.2. The number of halogens is 1. The Morgan fingerprint density at radius 3 is 2.52 bits per heavy atom. The summed E-state index contributed by atoms with van der Waals surface area (Å²) < 4.78 is 1.06. The van der Waals surface area contributed by atoms with E-state index in [0.29, 0.717) is 18.1 Å². The zero-order chi connectivity index (χ0) is 20.6. The molecule has 0 unspecified atom stereocenters. The predicted molar refractivity (Wildman–Crippen MR) is 123 cm³/mol. The van der Waals surface area contributed by atoms with Gasteiger partial charge >= 0.3 is 0 Å². The minimum Gasteiger partial charge on any atom is -0.351 e. The van der Waals surface area contributed by atoms with E-state index >= 15 is 0 Å². The number of aromatic nitrogens is 2. The summed E-state index contributed by atoms with van der Waals surface area (Å²) in [6, 6.07) is 13.2. The average Bonchev–Trinajstić information content (AvgIpc) is 3.18. The van der Waals surface area contributed by atoms with Crippen LogP contribution in [0.3, 0.4) is 0 Å². The van der Waals surface area contributed by atoms with Crippen molar-refractivity contribution in [2.24, 2.45) is 0 Å². The van der Waals surface area contributed by atoms with Gasteiger partial charge in [0.2, 0.25) is 5.95 Å². The van der Waals surface area contributed by atoms with Crippen molar-refractivity contribution in [1.82, 2.24) is 20.2 Å². The monoisotopic (exact) mass is 473 g/mol. The van der Waals surface area contributed by atoms with Gasteiger partial charge in [0.1, 0.15) is 0 Å². The highest BCUT2D eigenvalue weighted by molar-refractivity contribution is 9.11. The SMILES string of the molecule is CCN(CC)CCNC(=O)c1ccc(Nc2nccc(-c3ccc(Br)s3)n2)cc1. The van der Waals surface area contributed by atoms with Crippen LogP contribution in [-0.2, 0) is 0 Å². The van der Waals surface area contributed by atoms with Gasteiger partial charge in [-0.05, 0) is 71.5 Å². The molecule has 0 atom stereocenters. The molecule has 3 rings (SSSR count). The molecule has 3 aromatic rings. The molecular formula is C21H24BrN5OS. The van der Waals surface area contributed by atoms with Gasteiger partial charge in [-0.2, -0.15) is 0 Å². The van der Waals surface area contributed by atoms with Gasteiger partial charge in [-0.3, -0.25) is 4.79 Å². The van der Waals surface area contributed by atoms with Crippen LogP contribution in [0.5, 0.6) is 0 Å². The Balaban J connectivity index is 1.58. The van der Waals surface area contributed by atoms with Crippen LogP contribution in [0.1, 0.15) is 24.2 Å². The van der Waals surface area contributed by atoms with Gasteiger partial charge in [0, 0.05) is 30.5 Å². The number of hydrogen-bond donors (Lipinski definition) is 2. The summed E-state index contributed by atoms with van der Waals surface area (Å²) in [5, 5.41) is 6.16. The molecule has 29 heavy (non-hydrogen) atoms. The number of amides is 1. The van der Waals surface area contributed by atoms with E-state index in [9.17, 15) is 4.79 Å². The van der Waals surface area contributed by atoms with Crippen molar-refractivity contribution in [2.45, 2.75) is 13.8 Å². The van der Waals surface area contributed by atoms with Gasteiger partial charge in [0.25, 0.3) is 5.91 Å². The van der Waals surface area contributed by atoms with Crippen LogP contribution in [-0.4, -0.2) is 47.0 Å². The summed E-state index contributed by atoms with van der Waals surface area (Å²) in [5.41, 5.74) is 2.32. The van der Waals surface area contributed by atoms with E-state index in [-0.39, 0.29) is 5.91 Å². The van der Waals surface area contributed by atoms with E-state index in [1.165, 1.54) is 0 Å². The third kappa shape index (κ3) is 6.09. The van der Waals surface area contributed by atoms with E-state index in [0.717, 1.165) is 39.7 Å². The highest BCUT2D eigenvalue weighted by atomic mass is 79.9. The van der Waals surface area contributed by atoms with Crippen LogP contribution < -0.4 is 10.6 Å². The number of nitrogens with zero attached hydrogens (tertiary/aromatic N) is 3. The van der Waals surface area contributed by atoms with Gasteiger partial charge in [-0.15, -0.1) is 11.3 Å². The lowest BCUT2D eigenvalue weighted by molar-refractivity contribution is 0.0949. The third-order valence-corrected chi connectivity index (χ3v) is 6.14. The highest BCUT2D eigenvalue weighted by Gasteiger charge is 2.08. The molecule has 8 heteroatoms. The normalized spacial score (nSPS) is 10.9. The van der Waals surface area contributed by atoms with E-state index in [4.69, 9.17) is 0 Å². The number of likely N-dealkylation sites (N-methyl/N-ethyl adjacent to an activating group) is 1. The van der Waals surface area contributed by atoms with E-state index < -0.39 is 0 Å². The zero-order valence-corrected chi connectivity index (χ0v) is 18.9. The van der Waals surface area contributed by atoms with E-state index in [1.807, 2.05) is 30.3 Å². The van der Waals surface area contributed by atoms with Gasteiger partial charge in [-0.25, -0.2) is 9.97 Å². The van der Waals surface area contributed by atoms with Crippen molar-refractivity contribution in [3.8, 4) is 10.6 Å². The number of rotatable bonds is 9. The molecule has 0 radical (unpaired) electrons. The molecule has 0 saturated carbocycles. The van der Waals surface area contributed by atoms with Crippen LogP contribution >= 0.6 is 27.3 Å². The Labute approximate surface area is 183 Å². The predicted octanol–water partition coefficient (Wildman–Crippen LogP) is 4.78. The maximum absolute atomic E-state index is 12.3. The van der Waals surface area contributed by atoms with Crippen LogP contribution in [0.2, 0.25) is 0 Å². The number of thiophene rings is 1. The summed E-state index contributed by atoms with van der Waals surface area (Å²) in [6.07, 6.45) is 1.73. The Bertz CT molecular complexity index is 940. The van der Waals surface area contributed by atoms with Crippen molar-refractivity contribution in [2.75, 3.05) is 31.5 Å². The van der Waals surface area contributed by atoms with E-state index in [1.54, 1.807) is 29.7 Å². The maximum atomic E-state index is 12.3. The van der Waals surface area contributed by atoms with Crippen LogP contribution in [0.25, 0.3) is 10.6 Å². The second-order valence-corrected chi connectivity index (χ2v) is 8.82. The van der Waals surface area contributed by atoms with Crippen LogP contribution in [0.15, 0.2) is 52.4 Å². The fourth-order valence-electron chi connectivity index (χ4n) is 2.81. The first kappa shape index (κ1) is 21.4. The lowest BCUT2D eigenvalue weighted by atomic mass is 10.2. The molecule has 0 aliphatic carbocycles. The fourth-order valence-corrected chi connectivity index (χ4v) is 4.17. The molecule has 0 fully saturated rings. The zero-order valence-electron chi connectivity index (χ0n) is 16.5. The largest absolute Gasteiger partial charge is 0.351 e. The molecule has 0 bridgehead atoms. The first-order chi connectivity index (χ1) is 14.1. The van der Waals surface area contributed by atoms with Crippen LogP contribution in [0.4, 0.5) is 11.6 Å². The molecule has 6 nitrogen and oxygen atoms in total. The first-order valence-electron chi connectivity index (χ1n) is 9.55. The van der Waals surface area contributed by atoms with Crippen LogP contribution in [0, 0.1) is 0 Å². The topological polar surface area (TPSA) is 70.2 Å². The van der Waals surface area contributed by atoms with Crippen molar-refractivity contribution in [1.29, 1.82) is 0 Å². The highest BCUT2D eigenvalue weighted by Crippen LogP contribution is 2.30. The number of benzene rings is 1.